The quantitative estimate of drug-likeness (QED) is 0.785. The highest BCUT2D eigenvalue weighted by Crippen LogP contribution is 2.24. The third kappa shape index (κ3) is 4.06. The van der Waals surface area contributed by atoms with Crippen LogP contribution in [0.4, 0.5) is 0 Å². The largest absolute Gasteiger partial charge is 0.348 e. The number of sulfonamides is 1. The van der Waals surface area contributed by atoms with Gasteiger partial charge >= 0.3 is 0 Å². The van der Waals surface area contributed by atoms with Crippen LogP contribution in [-0.4, -0.2) is 51.3 Å². The molecule has 1 amide bonds. The van der Waals surface area contributed by atoms with Gasteiger partial charge in [0, 0.05) is 39.1 Å². The molecule has 10 heteroatoms. The van der Waals surface area contributed by atoms with E-state index in [4.69, 9.17) is 0 Å². The van der Waals surface area contributed by atoms with E-state index in [9.17, 15) is 13.2 Å². The number of carbonyl (C=O) groups excluding carboxylic acids is 1. The molecule has 0 radical (unpaired) electrons. The average Bonchev–Trinajstić information content (AvgIpc) is 3.30. The number of amides is 1. The van der Waals surface area contributed by atoms with Crippen LogP contribution in [-0.2, 0) is 28.4 Å². The minimum absolute atomic E-state index is 0.127. The van der Waals surface area contributed by atoms with Crippen molar-refractivity contribution in [3.63, 3.8) is 0 Å². The van der Waals surface area contributed by atoms with Gasteiger partial charge in [0.15, 0.2) is 0 Å². The van der Waals surface area contributed by atoms with E-state index in [2.05, 4.69) is 15.5 Å². The SMILES string of the molecule is CCn1nccc1C(C)NC(=O)C1CCCN(S(=O)(=O)c2cnn(C)c2)C1. The summed E-state index contributed by atoms with van der Waals surface area (Å²) in [5.74, 6) is -0.497. The van der Waals surface area contributed by atoms with E-state index in [0.717, 1.165) is 12.2 Å². The topological polar surface area (TPSA) is 102 Å². The first-order valence-electron chi connectivity index (χ1n) is 9.13. The van der Waals surface area contributed by atoms with Crippen LogP contribution in [0, 0.1) is 5.92 Å². The molecule has 1 N–H and O–H groups in total. The fourth-order valence-corrected chi connectivity index (χ4v) is 4.95. The highest BCUT2D eigenvalue weighted by Gasteiger charge is 2.34. The molecule has 27 heavy (non-hydrogen) atoms. The number of aromatic nitrogens is 4. The van der Waals surface area contributed by atoms with Gasteiger partial charge in [-0.15, -0.1) is 0 Å². The number of piperidine rings is 1. The van der Waals surface area contributed by atoms with Gasteiger partial charge in [0.05, 0.1) is 23.9 Å². The summed E-state index contributed by atoms with van der Waals surface area (Å²) in [7, 11) is -1.96. The molecular formula is C17H26N6O3S. The smallest absolute Gasteiger partial charge is 0.246 e. The molecule has 0 bridgehead atoms. The Morgan fingerprint density at radius 2 is 2.19 bits per heavy atom. The molecule has 0 aromatic carbocycles. The molecule has 2 aromatic heterocycles. The summed E-state index contributed by atoms with van der Waals surface area (Å²) in [6, 6.07) is 1.69. The Labute approximate surface area is 159 Å². The van der Waals surface area contributed by atoms with Gasteiger partial charge < -0.3 is 5.32 Å². The van der Waals surface area contributed by atoms with Crippen LogP contribution < -0.4 is 5.32 Å². The van der Waals surface area contributed by atoms with Gasteiger partial charge in [0.1, 0.15) is 4.90 Å². The van der Waals surface area contributed by atoms with E-state index < -0.39 is 10.0 Å². The zero-order valence-electron chi connectivity index (χ0n) is 15.9. The van der Waals surface area contributed by atoms with Crippen LogP contribution in [0.15, 0.2) is 29.6 Å². The minimum Gasteiger partial charge on any atom is -0.348 e. The van der Waals surface area contributed by atoms with E-state index >= 15 is 0 Å². The fraction of sp³-hybridized carbons (Fsp3) is 0.588. The summed E-state index contributed by atoms with van der Waals surface area (Å²) in [6.45, 7) is 5.23. The van der Waals surface area contributed by atoms with Crippen molar-refractivity contribution >= 4 is 15.9 Å². The Bertz CT molecular complexity index is 903. The first kappa shape index (κ1) is 19.6. The van der Waals surface area contributed by atoms with Gasteiger partial charge in [-0.1, -0.05) is 0 Å². The normalized spacial score (nSPS) is 19.7. The second-order valence-corrected chi connectivity index (χ2v) is 8.79. The van der Waals surface area contributed by atoms with E-state index in [1.54, 1.807) is 13.2 Å². The summed E-state index contributed by atoms with van der Waals surface area (Å²) < 4.78 is 30.3. The van der Waals surface area contributed by atoms with Gasteiger partial charge in [-0.05, 0) is 32.8 Å². The summed E-state index contributed by atoms with van der Waals surface area (Å²) in [6.07, 6.45) is 5.85. The highest BCUT2D eigenvalue weighted by molar-refractivity contribution is 7.89. The number of carbonyl (C=O) groups is 1. The number of nitrogens with zero attached hydrogens (tertiary/aromatic N) is 5. The van der Waals surface area contributed by atoms with Gasteiger partial charge in [-0.3, -0.25) is 14.2 Å². The van der Waals surface area contributed by atoms with Crippen LogP contribution in [0.5, 0.6) is 0 Å². The summed E-state index contributed by atoms with van der Waals surface area (Å²) >= 11 is 0. The van der Waals surface area contributed by atoms with Crippen LogP contribution in [0.2, 0.25) is 0 Å². The van der Waals surface area contributed by atoms with Crippen LogP contribution in [0.1, 0.15) is 38.4 Å². The lowest BCUT2D eigenvalue weighted by Crippen LogP contribution is -2.45. The molecule has 3 heterocycles. The molecule has 0 spiro atoms. The minimum atomic E-state index is -3.63. The van der Waals surface area contributed by atoms with Crippen LogP contribution in [0.25, 0.3) is 0 Å². The van der Waals surface area contributed by atoms with E-state index in [1.807, 2.05) is 24.6 Å². The lowest BCUT2D eigenvalue weighted by Gasteiger charge is -2.31. The second kappa shape index (κ2) is 7.81. The molecule has 2 aromatic rings. The third-order valence-electron chi connectivity index (χ3n) is 4.93. The van der Waals surface area contributed by atoms with E-state index in [1.165, 1.54) is 21.4 Å². The molecule has 2 atom stereocenters. The van der Waals surface area contributed by atoms with E-state index in [-0.39, 0.29) is 29.3 Å². The van der Waals surface area contributed by atoms with Crippen molar-refractivity contribution in [1.29, 1.82) is 0 Å². The molecule has 9 nitrogen and oxygen atoms in total. The molecule has 1 saturated heterocycles. The Morgan fingerprint density at radius 3 is 2.85 bits per heavy atom. The predicted molar refractivity (Wildman–Crippen MR) is 99.1 cm³/mol. The summed E-state index contributed by atoms with van der Waals surface area (Å²) in [5.41, 5.74) is 0.932. The summed E-state index contributed by atoms with van der Waals surface area (Å²) in [5, 5.41) is 11.2. The molecule has 0 saturated carbocycles. The number of nitrogens with one attached hydrogen (secondary N) is 1. The maximum absolute atomic E-state index is 12.8. The molecule has 1 aliphatic rings. The average molecular weight is 395 g/mol. The second-order valence-electron chi connectivity index (χ2n) is 6.85. The Kier molecular flexibility index (Phi) is 5.66. The lowest BCUT2D eigenvalue weighted by molar-refractivity contribution is -0.126. The monoisotopic (exact) mass is 394 g/mol. The van der Waals surface area contributed by atoms with Gasteiger partial charge in [0.25, 0.3) is 0 Å². The maximum Gasteiger partial charge on any atom is 0.246 e. The fourth-order valence-electron chi connectivity index (χ4n) is 3.44. The van der Waals surface area contributed by atoms with Crippen molar-refractivity contribution in [1.82, 2.24) is 29.2 Å². The molecule has 0 aliphatic carbocycles. The van der Waals surface area contributed by atoms with Gasteiger partial charge in [-0.2, -0.15) is 14.5 Å². The lowest BCUT2D eigenvalue weighted by atomic mass is 9.98. The first-order valence-corrected chi connectivity index (χ1v) is 10.6. The Morgan fingerprint density at radius 1 is 1.41 bits per heavy atom. The van der Waals surface area contributed by atoms with Crippen molar-refractivity contribution in [3.8, 4) is 0 Å². The van der Waals surface area contributed by atoms with Crippen molar-refractivity contribution in [2.24, 2.45) is 13.0 Å². The number of hydrogen-bond donors (Lipinski definition) is 1. The van der Waals surface area contributed by atoms with Crippen molar-refractivity contribution < 1.29 is 13.2 Å². The first-order chi connectivity index (χ1) is 12.8. The zero-order valence-corrected chi connectivity index (χ0v) is 16.7. The van der Waals surface area contributed by atoms with E-state index in [0.29, 0.717) is 19.4 Å². The number of hydrogen-bond acceptors (Lipinski definition) is 5. The molecule has 3 rings (SSSR count). The molecule has 1 fully saturated rings. The van der Waals surface area contributed by atoms with Crippen molar-refractivity contribution in [2.75, 3.05) is 13.1 Å². The third-order valence-corrected chi connectivity index (χ3v) is 6.74. The van der Waals surface area contributed by atoms with Gasteiger partial charge in [-0.25, -0.2) is 8.42 Å². The van der Waals surface area contributed by atoms with Crippen LogP contribution >= 0.6 is 0 Å². The summed E-state index contributed by atoms with van der Waals surface area (Å²) in [4.78, 5) is 12.9. The standard InChI is InChI=1S/C17H26N6O3S/c1-4-23-16(7-8-18-23)13(2)20-17(24)14-6-5-9-22(11-14)27(25,26)15-10-19-21(3)12-15/h7-8,10,12-14H,4-6,9,11H2,1-3H3,(H,20,24). The molecule has 1 aliphatic heterocycles. The highest BCUT2D eigenvalue weighted by atomic mass is 32.2. The van der Waals surface area contributed by atoms with Crippen LogP contribution in [0.3, 0.4) is 0 Å². The number of rotatable bonds is 6. The Hall–Kier alpha value is -2.20. The zero-order chi connectivity index (χ0) is 19.6. The van der Waals surface area contributed by atoms with Crippen molar-refractivity contribution in [3.05, 3.63) is 30.4 Å². The maximum atomic E-state index is 12.8. The van der Waals surface area contributed by atoms with Crippen molar-refractivity contribution in [2.45, 2.75) is 44.2 Å². The predicted octanol–water partition coefficient (Wildman–Crippen LogP) is 0.915. The van der Waals surface area contributed by atoms with Gasteiger partial charge in [0.2, 0.25) is 15.9 Å². The Balaban J connectivity index is 1.68. The molecule has 148 valence electrons. The number of aryl methyl sites for hydroxylation is 2. The molecule has 2 unspecified atom stereocenters. The molecular weight excluding hydrogens is 368 g/mol.